The molecule has 8 heteroatoms. The molecule has 3 aromatic rings. The minimum atomic E-state index is -3.94. The Bertz CT molecular complexity index is 1310. The Kier molecular flexibility index (Phi) is 6.20. The SMILES string of the molecule is CC(=O)N1CCc2cc(S(=O)(=O)Nc3ccccc3C(=O)NC(C)c3ccccc3)ccc21. The molecular weight excluding hydrogens is 438 g/mol. The van der Waals surface area contributed by atoms with E-state index in [0.717, 1.165) is 16.8 Å². The molecule has 0 saturated carbocycles. The van der Waals surface area contributed by atoms with E-state index in [-0.39, 0.29) is 34.0 Å². The van der Waals surface area contributed by atoms with Crippen molar-refractivity contribution in [2.45, 2.75) is 31.2 Å². The maximum absolute atomic E-state index is 13.1. The zero-order valence-corrected chi connectivity index (χ0v) is 19.2. The summed E-state index contributed by atoms with van der Waals surface area (Å²) < 4.78 is 28.8. The minimum absolute atomic E-state index is 0.0767. The van der Waals surface area contributed by atoms with Gasteiger partial charge in [-0.05, 0) is 54.8 Å². The van der Waals surface area contributed by atoms with Crippen LogP contribution in [0.15, 0.2) is 77.7 Å². The highest BCUT2D eigenvalue weighted by molar-refractivity contribution is 7.92. The van der Waals surface area contributed by atoms with Gasteiger partial charge in [0.1, 0.15) is 0 Å². The van der Waals surface area contributed by atoms with Gasteiger partial charge in [0, 0.05) is 19.2 Å². The molecule has 0 bridgehead atoms. The molecule has 0 radical (unpaired) electrons. The molecule has 0 aromatic heterocycles. The highest BCUT2D eigenvalue weighted by atomic mass is 32.2. The van der Waals surface area contributed by atoms with Crippen LogP contribution in [0, 0.1) is 0 Å². The standard InChI is InChI=1S/C25H25N3O4S/c1-17(19-8-4-3-5-9-19)26-25(30)22-10-6-7-11-23(22)27-33(31,32)21-12-13-24-20(16-21)14-15-28(24)18(2)29/h3-13,16-17,27H,14-15H2,1-2H3,(H,26,30). The molecule has 2 N–H and O–H groups in total. The predicted octanol–water partition coefficient (Wildman–Crippen LogP) is 3.89. The third-order valence-electron chi connectivity index (χ3n) is 5.70. The molecule has 2 amide bonds. The summed E-state index contributed by atoms with van der Waals surface area (Å²) >= 11 is 0. The molecule has 1 unspecified atom stereocenters. The molecule has 3 aromatic carbocycles. The number of carbonyl (C=O) groups excluding carboxylic acids is 2. The molecule has 0 spiro atoms. The van der Waals surface area contributed by atoms with Crippen LogP contribution in [0.5, 0.6) is 0 Å². The van der Waals surface area contributed by atoms with E-state index in [1.807, 2.05) is 37.3 Å². The lowest BCUT2D eigenvalue weighted by Gasteiger charge is -2.17. The molecule has 1 aliphatic heterocycles. The number of benzene rings is 3. The van der Waals surface area contributed by atoms with Crippen LogP contribution in [0.1, 0.15) is 41.4 Å². The van der Waals surface area contributed by atoms with Crippen molar-refractivity contribution in [3.63, 3.8) is 0 Å². The van der Waals surface area contributed by atoms with Gasteiger partial charge in [0.25, 0.3) is 15.9 Å². The third-order valence-corrected chi connectivity index (χ3v) is 7.06. The Labute approximate surface area is 193 Å². The van der Waals surface area contributed by atoms with Gasteiger partial charge in [-0.2, -0.15) is 0 Å². The summed E-state index contributed by atoms with van der Waals surface area (Å²) in [5.74, 6) is -0.456. The average molecular weight is 464 g/mol. The van der Waals surface area contributed by atoms with Crippen LogP contribution in [0.3, 0.4) is 0 Å². The number of nitrogens with one attached hydrogen (secondary N) is 2. The molecule has 33 heavy (non-hydrogen) atoms. The number of nitrogens with zero attached hydrogens (tertiary/aromatic N) is 1. The minimum Gasteiger partial charge on any atom is -0.345 e. The molecule has 7 nitrogen and oxygen atoms in total. The molecular formula is C25H25N3O4S. The van der Waals surface area contributed by atoms with Crippen molar-refractivity contribution in [1.29, 1.82) is 0 Å². The van der Waals surface area contributed by atoms with Crippen molar-refractivity contribution in [3.05, 3.63) is 89.5 Å². The molecule has 1 aliphatic rings. The monoisotopic (exact) mass is 463 g/mol. The summed E-state index contributed by atoms with van der Waals surface area (Å²) in [6, 6.07) is 20.5. The fraction of sp³-hybridized carbons (Fsp3) is 0.200. The number of rotatable bonds is 6. The van der Waals surface area contributed by atoms with E-state index in [1.165, 1.54) is 13.0 Å². The van der Waals surface area contributed by atoms with Gasteiger partial charge in [-0.1, -0.05) is 42.5 Å². The average Bonchev–Trinajstić information content (AvgIpc) is 3.23. The second kappa shape index (κ2) is 9.07. The van der Waals surface area contributed by atoms with Crippen molar-refractivity contribution >= 4 is 33.2 Å². The maximum Gasteiger partial charge on any atom is 0.261 e. The summed E-state index contributed by atoms with van der Waals surface area (Å²) in [7, 11) is -3.94. The highest BCUT2D eigenvalue weighted by Crippen LogP contribution is 2.31. The van der Waals surface area contributed by atoms with Crippen LogP contribution in [-0.4, -0.2) is 26.8 Å². The van der Waals surface area contributed by atoms with Gasteiger partial charge >= 0.3 is 0 Å². The Morgan fingerprint density at radius 1 is 0.970 bits per heavy atom. The Morgan fingerprint density at radius 3 is 2.39 bits per heavy atom. The summed E-state index contributed by atoms with van der Waals surface area (Å²) in [6.07, 6.45) is 0.592. The maximum atomic E-state index is 13.1. The largest absolute Gasteiger partial charge is 0.345 e. The highest BCUT2D eigenvalue weighted by Gasteiger charge is 2.25. The fourth-order valence-electron chi connectivity index (χ4n) is 3.95. The number of sulfonamides is 1. The van der Waals surface area contributed by atoms with E-state index in [9.17, 15) is 18.0 Å². The number of carbonyl (C=O) groups is 2. The molecule has 170 valence electrons. The Hall–Kier alpha value is -3.65. The zero-order chi connectivity index (χ0) is 23.6. The first-order valence-electron chi connectivity index (χ1n) is 10.6. The van der Waals surface area contributed by atoms with Crippen molar-refractivity contribution in [2.75, 3.05) is 16.2 Å². The summed E-state index contributed by atoms with van der Waals surface area (Å²) in [5, 5.41) is 2.92. The molecule has 4 rings (SSSR count). The fourth-order valence-corrected chi connectivity index (χ4v) is 5.08. The molecule has 1 atom stereocenters. The van der Waals surface area contributed by atoms with E-state index in [0.29, 0.717) is 13.0 Å². The molecule has 0 saturated heterocycles. The van der Waals surface area contributed by atoms with E-state index in [2.05, 4.69) is 10.0 Å². The first-order valence-corrected chi connectivity index (χ1v) is 12.1. The third kappa shape index (κ3) is 4.75. The molecule has 1 heterocycles. The first-order chi connectivity index (χ1) is 15.8. The van der Waals surface area contributed by atoms with Crippen molar-refractivity contribution in [2.24, 2.45) is 0 Å². The van der Waals surface area contributed by atoms with E-state index in [1.54, 1.807) is 41.3 Å². The van der Waals surface area contributed by atoms with E-state index < -0.39 is 10.0 Å². The number of fused-ring (bicyclic) bond motifs is 1. The Balaban J connectivity index is 1.56. The first kappa shape index (κ1) is 22.5. The van der Waals surface area contributed by atoms with Crippen LogP contribution < -0.4 is 14.9 Å². The van der Waals surface area contributed by atoms with E-state index >= 15 is 0 Å². The summed E-state index contributed by atoms with van der Waals surface area (Å²) in [4.78, 5) is 26.4. The van der Waals surface area contributed by atoms with Gasteiger partial charge in [-0.15, -0.1) is 0 Å². The number of hydrogen-bond donors (Lipinski definition) is 2. The van der Waals surface area contributed by atoms with Gasteiger partial charge in [-0.25, -0.2) is 8.42 Å². The lowest BCUT2D eigenvalue weighted by atomic mass is 10.1. The van der Waals surface area contributed by atoms with Crippen LogP contribution >= 0.6 is 0 Å². The van der Waals surface area contributed by atoms with Crippen LogP contribution in [-0.2, 0) is 21.2 Å². The Morgan fingerprint density at radius 2 is 1.67 bits per heavy atom. The van der Waals surface area contributed by atoms with Crippen molar-refractivity contribution in [3.8, 4) is 0 Å². The van der Waals surface area contributed by atoms with Crippen LogP contribution in [0.2, 0.25) is 0 Å². The van der Waals surface area contributed by atoms with Crippen molar-refractivity contribution in [1.82, 2.24) is 5.32 Å². The van der Waals surface area contributed by atoms with Crippen LogP contribution in [0.4, 0.5) is 11.4 Å². The normalized spacial score (nSPS) is 13.8. The van der Waals surface area contributed by atoms with Gasteiger partial charge in [0.15, 0.2) is 0 Å². The number of amides is 2. The topological polar surface area (TPSA) is 95.6 Å². The lowest BCUT2D eigenvalue weighted by Crippen LogP contribution is -2.28. The van der Waals surface area contributed by atoms with Gasteiger partial charge in [0.05, 0.1) is 22.2 Å². The number of hydrogen-bond acceptors (Lipinski definition) is 4. The zero-order valence-electron chi connectivity index (χ0n) is 18.4. The van der Waals surface area contributed by atoms with Gasteiger partial charge in [0.2, 0.25) is 5.91 Å². The second-order valence-electron chi connectivity index (χ2n) is 7.97. The van der Waals surface area contributed by atoms with Gasteiger partial charge < -0.3 is 10.2 Å². The quantitative estimate of drug-likeness (QED) is 0.580. The number of para-hydroxylation sites is 1. The molecule has 0 aliphatic carbocycles. The molecule has 0 fully saturated rings. The second-order valence-corrected chi connectivity index (χ2v) is 9.65. The van der Waals surface area contributed by atoms with Crippen LogP contribution in [0.25, 0.3) is 0 Å². The van der Waals surface area contributed by atoms with E-state index in [4.69, 9.17) is 0 Å². The lowest BCUT2D eigenvalue weighted by molar-refractivity contribution is -0.116. The van der Waals surface area contributed by atoms with Gasteiger partial charge in [-0.3, -0.25) is 14.3 Å². The summed E-state index contributed by atoms with van der Waals surface area (Å²) in [6.45, 7) is 3.89. The summed E-state index contributed by atoms with van der Waals surface area (Å²) in [5.41, 5.74) is 2.91. The van der Waals surface area contributed by atoms with Crippen molar-refractivity contribution < 1.29 is 18.0 Å². The predicted molar refractivity (Wildman–Crippen MR) is 128 cm³/mol. The number of anilines is 2. The smallest absolute Gasteiger partial charge is 0.261 e.